The van der Waals surface area contributed by atoms with Crippen molar-refractivity contribution in [1.82, 2.24) is 0 Å². The lowest BCUT2D eigenvalue weighted by atomic mass is 9.97. The molecule has 2 atom stereocenters. The number of aliphatic hydroxyl groups excluding tert-OH is 1. The summed E-state index contributed by atoms with van der Waals surface area (Å²) in [4.78, 5) is 0. The summed E-state index contributed by atoms with van der Waals surface area (Å²) in [5.74, 6) is 0. The number of hydrogen-bond acceptors (Lipinski definition) is 4. The fourth-order valence-corrected chi connectivity index (χ4v) is 4.55. The molecule has 0 heterocycles. The molecule has 3 N–H and O–H groups in total. The maximum Gasteiger partial charge on any atom is 0.181 e. The number of rotatable bonds is 28. The van der Waals surface area contributed by atoms with Crippen molar-refractivity contribution in [2.24, 2.45) is 5.73 Å². The van der Waals surface area contributed by atoms with Crippen LogP contribution in [0.5, 0.6) is 0 Å². The third-order valence-electron chi connectivity index (χ3n) is 7.01. The molecule has 0 aromatic heterocycles. The Morgan fingerprint density at radius 3 is 1.29 bits per heavy atom. The van der Waals surface area contributed by atoms with E-state index >= 15 is 0 Å². The van der Waals surface area contributed by atoms with E-state index in [9.17, 15) is 5.11 Å². The molecule has 35 heavy (non-hydrogen) atoms. The molecule has 2 unspecified atom stereocenters. The SMILES string of the molecule is CCCCCCCCCCCCOC(O)C(CCC(C)(C)N)OCCCCCCCCCCCC. The second-order valence-electron chi connectivity index (χ2n) is 11.6. The van der Waals surface area contributed by atoms with Gasteiger partial charge in [0.2, 0.25) is 0 Å². The summed E-state index contributed by atoms with van der Waals surface area (Å²) in [6.45, 7) is 9.91. The molecule has 0 amide bonds. The van der Waals surface area contributed by atoms with Crippen LogP contribution in [0.2, 0.25) is 0 Å². The Bertz CT molecular complexity index is 411. The minimum atomic E-state index is -0.848. The van der Waals surface area contributed by atoms with E-state index in [1.54, 1.807) is 0 Å². The van der Waals surface area contributed by atoms with Gasteiger partial charge in [-0.2, -0.15) is 0 Å². The summed E-state index contributed by atoms with van der Waals surface area (Å²) in [6.07, 6.45) is 26.6. The Morgan fingerprint density at radius 1 is 0.571 bits per heavy atom. The number of hydrogen-bond donors (Lipinski definition) is 2. The first-order chi connectivity index (χ1) is 16.9. The first-order valence-corrected chi connectivity index (χ1v) is 15.6. The zero-order valence-corrected chi connectivity index (χ0v) is 24.5. The van der Waals surface area contributed by atoms with Gasteiger partial charge in [0.25, 0.3) is 0 Å². The molecule has 0 rings (SSSR count). The predicted octanol–water partition coefficient (Wildman–Crippen LogP) is 9.07. The summed E-state index contributed by atoms with van der Waals surface area (Å²) in [5, 5.41) is 10.6. The molecule has 0 spiro atoms. The first-order valence-electron chi connectivity index (χ1n) is 15.6. The van der Waals surface area contributed by atoms with Gasteiger partial charge in [0.15, 0.2) is 6.29 Å². The fourth-order valence-electron chi connectivity index (χ4n) is 4.55. The zero-order valence-electron chi connectivity index (χ0n) is 24.5. The summed E-state index contributed by atoms with van der Waals surface area (Å²) in [7, 11) is 0. The highest BCUT2D eigenvalue weighted by Gasteiger charge is 2.23. The van der Waals surface area contributed by atoms with Gasteiger partial charge in [-0.15, -0.1) is 0 Å². The Morgan fingerprint density at radius 2 is 0.914 bits per heavy atom. The molecule has 0 saturated heterocycles. The normalized spacial score (nSPS) is 13.9. The van der Waals surface area contributed by atoms with Crippen molar-refractivity contribution in [3.8, 4) is 0 Å². The maximum absolute atomic E-state index is 10.6. The molecule has 212 valence electrons. The molecule has 0 radical (unpaired) electrons. The average Bonchev–Trinajstić information content (AvgIpc) is 2.82. The van der Waals surface area contributed by atoms with Crippen LogP contribution in [0, 0.1) is 0 Å². The van der Waals surface area contributed by atoms with Crippen LogP contribution >= 0.6 is 0 Å². The molecule has 0 fully saturated rings. The minimum Gasteiger partial charge on any atom is -0.373 e. The summed E-state index contributed by atoms with van der Waals surface area (Å²) < 4.78 is 11.9. The molecule has 0 bridgehead atoms. The highest BCUT2D eigenvalue weighted by Crippen LogP contribution is 2.17. The predicted molar refractivity (Wildman–Crippen MR) is 153 cm³/mol. The number of nitrogens with two attached hydrogens (primary N) is 1. The van der Waals surface area contributed by atoms with E-state index in [-0.39, 0.29) is 11.6 Å². The Balaban J connectivity index is 3.90. The standard InChI is InChI=1S/C31H65NO3/c1-5-7-9-11-13-15-17-19-21-23-27-34-29(25-26-31(3,4)32)30(33)35-28-24-22-20-18-16-14-12-10-8-6-2/h29-30,33H,5-28,32H2,1-4H3. The molecular weight excluding hydrogens is 434 g/mol. The number of ether oxygens (including phenoxy) is 2. The Kier molecular flexibility index (Phi) is 25.4. The zero-order chi connectivity index (χ0) is 26.0. The van der Waals surface area contributed by atoms with Crippen LogP contribution in [-0.2, 0) is 9.47 Å². The molecule has 4 heteroatoms. The lowest BCUT2D eigenvalue weighted by Crippen LogP contribution is -2.37. The molecular formula is C31H65NO3. The smallest absolute Gasteiger partial charge is 0.181 e. The lowest BCUT2D eigenvalue weighted by molar-refractivity contribution is -0.182. The Hall–Kier alpha value is -0.160. The van der Waals surface area contributed by atoms with Crippen molar-refractivity contribution in [2.45, 2.75) is 187 Å². The monoisotopic (exact) mass is 499 g/mol. The van der Waals surface area contributed by atoms with Gasteiger partial charge in [0.1, 0.15) is 6.10 Å². The fraction of sp³-hybridized carbons (Fsp3) is 1.00. The van der Waals surface area contributed by atoms with Crippen LogP contribution in [0.1, 0.15) is 169 Å². The highest BCUT2D eigenvalue weighted by molar-refractivity contribution is 4.75. The second-order valence-corrected chi connectivity index (χ2v) is 11.6. The van der Waals surface area contributed by atoms with E-state index in [0.29, 0.717) is 13.2 Å². The minimum absolute atomic E-state index is 0.255. The van der Waals surface area contributed by atoms with E-state index in [4.69, 9.17) is 15.2 Å². The van der Waals surface area contributed by atoms with E-state index in [1.807, 2.05) is 13.8 Å². The molecule has 0 aliphatic carbocycles. The summed E-state index contributed by atoms with van der Waals surface area (Å²) in [5.41, 5.74) is 5.93. The number of unbranched alkanes of at least 4 members (excludes halogenated alkanes) is 18. The molecule has 0 saturated carbocycles. The van der Waals surface area contributed by atoms with Crippen molar-refractivity contribution in [3.63, 3.8) is 0 Å². The molecule has 0 aromatic carbocycles. The van der Waals surface area contributed by atoms with Crippen molar-refractivity contribution in [3.05, 3.63) is 0 Å². The topological polar surface area (TPSA) is 64.7 Å². The molecule has 4 nitrogen and oxygen atoms in total. The van der Waals surface area contributed by atoms with Gasteiger partial charge >= 0.3 is 0 Å². The van der Waals surface area contributed by atoms with Crippen LogP contribution in [0.25, 0.3) is 0 Å². The second kappa shape index (κ2) is 25.5. The van der Waals surface area contributed by atoms with E-state index < -0.39 is 6.29 Å². The van der Waals surface area contributed by atoms with E-state index in [1.165, 1.54) is 116 Å². The van der Waals surface area contributed by atoms with Gasteiger partial charge in [0, 0.05) is 18.8 Å². The maximum atomic E-state index is 10.6. The molecule has 0 aliphatic heterocycles. The van der Waals surface area contributed by atoms with Crippen LogP contribution in [0.3, 0.4) is 0 Å². The van der Waals surface area contributed by atoms with Gasteiger partial charge in [-0.1, -0.05) is 129 Å². The van der Waals surface area contributed by atoms with Gasteiger partial charge < -0.3 is 20.3 Å². The lowest BCUT2D eigenvalue weighted by Gasteiger charge is -2.27. The van der Waals surface area contributed by atoms with Crippen LogP contribution in [0.15, 0.2) is 0 Å². The van der Waals surface area contributed by atoms with Crippen LogP contribution < -0.4 is 5.73 Å². The number of aliphatic hydroxyl groups is 1. The van der Waals surface area contributed by atoms with Gasteiger partial charge in [-0.3, -0.25) is 0 Å². The van der Waals surface area contributed by atoms with E-state index in [0.717, 1.165) is 25.7 Å². The average molecular weight is 500 g/mol. The first kappa shape index (κ1) is 34.8. The van der Waals surface area contributed by atoms with Crippen molar-refractivity contribution < 1.29 is 14.6 Å². The van der Waals surface area contributed by atoms with Gasteiger partial charge in [-0.25, -0.2) is 0 Å². The van der Waals surface area contributed by atoms with Crippen LogP contribution in [-0.4, -0.2) is 36.3 Å². The third-order valence-corrected chi connectivity index (χ3v) is 7.01. The van der Waals surface area contributed by atoms with Crippen LogP contribution in [0.4, 0.5) is 0 Å². The van der Waals surface area contributed by atoms with Gasteiger partial charge in [0.05, 0.1) is 0 Å². The molecule has 0 aromatic rings. The van der Waals surface area contributed by atoms with Gasteiger partial charge in [-0.05, 0) is 39.5 Å². The quantitative estimate of drug-likeness (QED) is 0.0832. The summed E-state index contributed by atoms with van der Waals surface area (Å²) in [6, 6.07) is 0. The van der Waals surface area contributed by atoms with Crippen molar-refractivity contribution >= 4 is 0 Å². The van der Waals surface area contributed by atoms with Crippen molar-refractivity contribution in [1.29, 1.82) is 0 Å². The van der Waals surface area contributed by atoms with Crippen molar-refractivity contribution in [2.75, 3.05) is 13.2 Å². The van der Waals surface area contributed by atoms with E-state index in [2.05, 4.69) is 13.8 Å². The molecule has 0 aliphatic rings. The third kappa shape index (κ3) is 26.7. The largest absolute Gasteiger partial charge is 0.373 e. The Labute approximate surface area is 220 Å². The summed E-state index contributed by atoms with van der Waals surface area (Å²) >= 11 is 0. The highest BCUT2D eigenvalue weighted by atomic mass is 16.6.